The van der Waals surface area contributed by atoms with E-state index in [4.69, 9.17) is 4.74 Å². The molecule has 0 saturated carbocycles. The Kier molecular flexibility index (Phi) is 9.96. The molecule has 4 aromatic carbocycles. The average Bonchev–Trinajstić information content (AvgIpc) is 2.98. The first-order valence-corrected chi connectivity index (χ1v) is 13.1. The molecule has 206 valence electrons. The highest BCUT2D eigenvalue weighted by molar-refractivity contribution is 5.92. The number of hydrogen-bond acceptors (Lipinski definition) is 4. The summed E-state index contributed by atoms with van der Waals surface area (Å²) >= 11 is 0. The number of benzene rings is 4. The maximum absolute atomic E-state index is 13.5. The molecule has 3 amide bonds. The number of fused-ring (bicyclic) bond motifs is 1. The Balaban J connectivity index is 1.42. The Morgan fingerprint density at radius 2 is 1.48 bits per heavy atom. The lowest BCUT2D eigenvalue weighted by Crippen LogP contribution is -2.55. The second-order valence-corrected chi connectivity index (χ2v) is 9.42. The molecule has 40 heavy (non-hydrogen) atoms. The minimum absolute atomic E-state index is 0.117. The topological polar surface area (TPSA) is 96.5 Å². The number of carbonyl (C=O) groups excluding carboxylic acids is 3. The van der Waals surface area contributed by atoms with E-state index in [1.165, 1.54) is 19.2 Å². The highest BCUT2D eigenvalue weighted by atomic mass is 19.1. The van der Waals surface area contributed by atoms with Crippen molar-refractivity contribution in [2.45, 2.75) is 38.1 Å². The van der Waals surface area contributed by atoms with Crippen LogP contribution in [0.4, 0.5) is 4.39 Å². The minimum Gasteiger partial charge on any atom is -0.353 e. The summed E-state index contributed by atoms with van der Waals surface area (Å²) in [5, 5.41) is 10.3. The smallest absolute Gasteiger partial charge is 0.270 e. The van der Waals surface area contributed by atoms with Gasteiger partial charge in [0, 0.05) is 26.5 Å². The van der Waals surface area contributed by atoms with Gasteiger partial charge in [-0.2, -0.15) is 0 Å². The Morgan fingerprint density at radius 3 is 2.23 bits per heavy atom. The van der Waals surface area contributed by atoms with Crippen molar-refractivity contribution in [1.29, 1.82) is 0 Å². The third-order valence-corrected chi connectivity index (χ3v) is 6.57. The molecule has 0 aliphatic rings. The van der Waals surface area contributed by atoms with E-state index < -0.39 is 29.9 Å². The van der Waals surface area contributed by atoms with Crippen LogP contribution in [0.1, 0.15) is 23.1 Å². The number of ether oxygens (including phenoxy) is 1. The van der Waals surface area contributed by atoms with Gasteiger partial charge < -0.3 is 20.7 Å². The summed E-state index contributed by atoms with van der Waals surface area (Å²) in [6.45, 7) is 0.250. The molecule has 0 radical (unpaired) electrons. The van der Waals surface area contributed by atoms with Gasteiger partial charge in [0.1, 0.15) is 11.9 Å². The summed E-state index contributed by atoms with van der Waals surface area (Å²) in [6, 6.07) is 28.0. The van der Waals surface area contributed by atoms with Crippen LogP contribution in [0.2, 0.25) is 0 Å². The minimum atomic E-state index is -1.29. The molecule has 0 aromatic heterocycles. The van der Waals surface area contributed by atoms with E-state index in [1.807, 2.05) is 72.8 Å². The van der Waals surface area contributed by atoms with E-state index in [2.05, 4.69) is 16.0 Å². The van der Waals surface area contributed by atoms with Gasteiger partial charge in [0.2, 0.25) is 18.0 Å². The van der Waals surface area contributed by atoms with Gasteiger partial charge >= 0.3 is 0 Å². The second-order valence-electron chi connectivity index (χ2n) is 9.42. The highest BCUT2D eigenvalue weighted by Crippen LogP contribution is 2.18. The first kappa shape index (κ1) is 28.4. The van der Waals surface area contributed by atoms with Crippen LogP contribution in [-0.4, -0.2) is 37.1 Å². The average molecular weight is 542 g/mol. The van der Waals surface area contributed by atoms with E-state index in [0.717, 1.165) is 21.9 Å². The number of rotatable bonds is 12. The molecular formula is C32H32FN3O4. The zero-order valence-corrected chi connectivity index (χ0v) is 22.2. The Labute approximate surface area is 232 Å². The van der Waals surface area contributed by atoms with Gasteiger partial charge in [-0.15, -0.1) is 0 Å². The fraction of sp³-hybridized carbons (Fsp3) is 0.219. The summed E-state index contributed by atoms with van der Waals surface area (Å²) in [4.78, 5) is 38.9. The first-order chi connectivity index (χ1) is 19.4. The number of halogens is 1. The van der Waals surface area contributed by atoms with Crippen molar-refractivity contribution in [3.63, 3.8) is 0 Å². The largest absolute Gasteiger partial charge is 0.353 e. The van der Waals surface area contributed by atoms with Gasteiger partial charge in [0.15, 0.2) is 0 Å². The number of aryl methyl sites for hydroxylation is 1. The van der Waals surface area contributed by atoms with Gasteiger partial charge in [-0.3, -0.25) is 14.4 Å². The van der Waals surface area contributed by atoms with Gasteiger partial charge in [-0.1, -0.05) is 84.9 Å². The summed E-state index contributed by atoms with van der Waals surface area (Å²) in [5.74, 6) is -1.84. The van der Waals surface area contributed by atoms with Gasteiger partial charge in [0.25, 0.3) is 5.91 Å². The lowest BCUT2D eigenvalue weighted by Gasteiger charge is -2.23. The molecule has 0 bridgehead atoms. The van der Waals surface area contributed by atoms with Gasteiger partial charge in [0.05, 0.1) is 0 Å². The Bertz CT molecular complexity index is 1440. The predicted octanol–water partition coefficient (Wildman–Crippen LogP) is 4.04. The fourth-order valence-corrected chi connectivity index (χ4v) is 4.42. The van der Waals surface area contributed by atoms with Gasteiger partial charge in [-0.05, 0) is 46.0 Å². The van der Waals surface area contributed by atoms with Crippen LogP contribution in [0, 0.1) is 5.82 Å². The summed E-state index contributed by atoms with van der Waals surface area (Å²) < 4.78 is 18.7. The molecule has 4 aromatic rings. The molecule has 0 aliphatic heterocycles. The monoisotopic (exact) mass is 541 g/mol. The third-order valence-electron chi connectivity index (χ3n) is 6.57. The van der Waals surface area contributed by atoms with Crippen molar-refractivity contribution >= 4 is 28.5 Å². The highest BCUT2D eigenvalue weighted by Gasteiger charge is 2.27. The van der Waals surface area contributed by atoms with Gasteiger partial charge in [-0.25, -0.2) is 4.39 Å². The molecule has 4 rings (SSSR count). The number of carbonyl (C=O) groups is 3. The first-order valence-electron chi connectivity index (χ1n) is 13.1. The molecule has 0 aliphatic carbocycles. The van der Waals surface area contributed by atoms with E-state index >= 15 is 0 Å². The van der Waals surface area contributed by atoms with E-state index in [0.29, 0.717) is 12.0 Å². The molecule has 2 atom stereocenters. The normalized spacial score (nSPS) is 12.3. The van der Waals surface area contributed by atoms with Crippen LogP contribution in [0.3, 0.4) is 0 Å². The molecule has 0 fully saturated rings. The number of nitrogens with one attached hydrogen (secondary N) is 3. The number of methoxy groups -OCH3 is 1. The summed E-state index contributed by atoms with van der Waals surface area (Å²) in [5.41, 5.74) is 2.59. The van der Waals surface area contributed by atoms with Crippen LogP contribution >= 0.6 is 0 Å². The van der Waals surface area contributed by atoms with E-state index in [1.54, 1.807) is 12.1 Å². The zero-order valence-electron chi connectivity index (χ0n) is 22.2. The summed E-state index contributed by atoms with van der Waals surface area (Å²) in [6.07, 6.45) is -0.494. The van der Waals surface area contributed by atoms with Crippen LogP contribution in [0.15, 0.2) is 97.1 Å². The summed E-state index contributed by atoms with van der Waals surface area (Å²) in [7, 11) is 1.30. The lowest BCUT2D eigenvalue weighted by molar-refractivity contribution is -0.141. The number of amides is 3. The molecular weight excluding hydrogens is 509 g/mol. The van der Waals surface area contributed by atoms with E-state index in [9.17, 15) is 18.8 Å². The maximum atomic E-state index is 13.5. The standard InChI is InChI=1S/C32H32FN3O4/c1-40-32(36-29(37)19-16-22-8-3-2-4-9-22)31(39)35-28(20-23-14-17-26(33)18-15-23)30(38)34-21-25-12-7-11-24-10-5-6-13-27(24)25/h2-15,17-18,28,32H,16,19-21H2,1H3,(H,34,38)(H,35,39)(H,36,37)/t28-,32-/m0/s1. The zero-order chi connectivity index (χ0) is 28.3. The van der Waals surface area contributed by atoms with Crippen molar-refractivity contribution in [3.8, 4) is 0 Å². The fourth-order valence-electron chi connectivity index (χ4n) is 4.42. The second kappa shape index (κ2) is 14.0. The Hall–Kier alpha value is -4.56. The quantitative estimate of drug-likeness (QED) is 0.236. The SMILES string of the molecule is CO[C@H](NC(=O)CCc1ccccc1)C(=O)N[C@@H](Cc1ccc(F)cc1)C(=O)NCc1cccc2ccccc12. The van der Waals surface area contributed by atoms with Crippen molar-refractivity contribution in [2.75, 3.05) is 7.11 Å². The predicted molar refractivity (Wildman–Crippen MR) is 152 cm³/mol. The molecule has 7 nitrogen and oxygen atoms in total. The third kappa shape index (κ3) is 7.97. The van der Waals surface area contributed by atoms with Crippen LogP contribution < -0.4 is 16.0 Å². The molecule has 0 heterocycles. The van der Waals surface area contributed by atoms with Crippen molar-refractivity contribution in [2.24, 2.45) is 0 Å². The molecule has 0 unspecified atom stereocenters. The van der Waals surface area contributed by atoms with Crippen molar-refractivity contribution in [3.05, 3.63) is 120 Å². The van der Waals surface area contributed by atoms with Crippen molar-refractivity contribution in [1.82, 2.24) is 16.0 Å². The Morgan fingerprint density at radius 1 is 0.775 bits per heavy atom. The van der Waals surface area contributed by atoms with E-state index in [-0.39, 0.29) is 25.3 Å². The maximum Gasteiger partial charge on any atom is 0.270 e. The molecule has 3 N–H and O–H groups in total. The molecule has 8 heteroatoms. The van der Waals surface area contributed by atoms with Crippen LogP contribution in [0.25, 0.3) is 10.8 Å². The van der Waals surface area contributed by atoms with Crippen LogP contribution in [0.5, 0.6) is 0 Å². The van der Waals surface area contributed by atoms with Crippen molar-refractivity contribution < 1.29 is 23.5 Å². The number of hydrogen-bond donors (Lipinski definition) is 3. The molecule has 0 saturated heterocycles. The lowest BCUT2D eigenvalue weighted by atomic mass is 10.0. The van der Waals surface area contributed by atoms with Crippen LogP contribution in [-0.2, 0) is 38.5 Å². The molecule has 0 spiro atoms.